The lowest BCUT2D eigenvalue weighted by atomic mass is 10.1. The molecule has 0 heterocycles. The van der Waals surface area contributed by atoms with Gasteiger partial charge in [0.25, 0.3) is 0 Å². The van der Waals surface area contributed by atoms with Crippen molar-refractivity contribution in [3.63, 3.8) is 0 Å². The number of hydrogen-bond acceptors (Lipinski definition) is 1. The van der Waals surface area contributed by atoms with Gasteiger partial charge in [-0.2, -0.15) is 0 Å². The Labute approximate surface area is 115 Å². The van der Waals surface area contributed by atoms with Crippen LogP contribution in [0.4, 0.5) is 4.39 Å². The minimum absolute atomic E-state index is 0.298. The largest absolute Gasteiger partial charge is 0.488 e. The highest BCUT2D eigenvalue weighted by molar-refractivity contribution is 9.10. The van der Waals surface area contributed by atoms with Gasteiger partial charge in [-0.1, -0.05) is 29.3 Å². The van der Waals surface area contributed by atoms with E-state index >= 15 is 0 Å². The molecule has 18 heavy (non-hydrogen) atoms. The molecule has 0 aromatic heterocycles. The summed E-state index contributed by atoms with van der Waals surface area (Å²) in [5, 5.41) is 0. The van der Waals surface area contributed by atoms with Gasteiger partial charge < -0.3 is 4.74 Å². The van der Waals surface area contributed by atoms with Gasteiger partial charge >= 0.3 is 0 Å². The molecule has 0 amide bonds. The first-order chi connectivity index (χ1) is 8.54. The second kappa shape index (κ2) is 5.53. The number of rotatable bonds is 3. The standard InChI is InChI=1S/C15H14BrFO/c1-10-5-11(2)7-12(6-10)9-18-15-8-13(17)3-4-14(15)16/h3-8H,9H2,1-2H3. The molecule has 0 aliphatic heterocycles. The summed E-state index contributed by atoms with van der Waals surface area (Å²) in [5.74, 6) is 0.225. The molecule has 0 atom stereocenters. The lowest BCUT2D eigenvalue weighted by Crippen LogP contribution is -1.97. The Hall–Kier alpha value is -1.35. The van der Waals surface area contributed by atoms with Crippen molar-refractivity contribution in [2.45, 2.75) is 20.5 Å². The molecule has 0 spiro atoms. The Morgan fingerprint density at radius 1 is 1.06 bits per heavy atom. The van der Waals surface area contributed by atoms with Crippen molar-refractivity contribution < 1.29 is 9.13 Å². The first kappa shape index (κ1) is 13.1. The second-order valence-corrected chi connectivity index (χ2v) is 5.21. The minimum atomic E-state index is -0.298. The maximum Gasteiger partial charge on any atom is 0.136 e. The van der Waals surface area contributed by atoms with Crippen LogP contribution in [-0.4, -0.2) is 0 Å². The average Bonchev–Trinajstić information content (AvgIpc) is 2.29. The second-order valence-electron chi connectivity index (χ2n) is 4.36. The highest BCUT2D eigenvalue weighted by Crippen LogP contribution is 2.26. The zero-order valence-electron chi connectivity index (χ0n) is 10.3. The minimum Gasteiger partial charge on any atom is -0.488 e. The third kappa shape index (κ3) is 3.33. The Balaban J connectivity index is 2.13. The zero-order valence-corrected chi connectivity index (χ0v) is 11.9. The molecule has 0 aliphatic rings. The van der Waals surface area contributed by atoms with Gasteiger partial charge in [0.2, 0.25) is 0 Å². The normalized spacial score (nSPS) is 10.4. The molecule has 0 radical (unpaired) electrons. The highest BCUT2D eigenvalue weighted by atomic mass is 79.9. The van der Waals surface area contributed by atoms with Crippen molar-refractivity contribution in [1.29, 1.82) is 0 Å². The number of hydrogen-bond donors (Lipinski definition) is 0. The Kier molecular flexibility index (Phi) is 4.02. The third-order valence-electron chi connectivity index (χ3n) is 2.57. The van der Waals surface area contributed by atoms with E-state index < -0.39 is 0 Å². The molecule has 2 aromatic carbocycles. The molecule has 0 fully saturated rings. The smallest absolute Gasteiger partial charge is 0.136 e. The summed E-state index contributed by atoms with van der Waals surface area (Å²) in [6, 6.07) is 10.7. The van der Waals surface area contributed by atoms with E-state index in [1.807, 2.05) is 0 Å². The van der Waals surface area contributed by atoms with Gasteiger partial charge in [-0.3, -0.25) is 0 Å². The van der Waals surface area contributed by atoms with Crippen molar-refractivity contribution in [3.05, 3.63) is 63.4 Å². The van der Waals surface area contributed by atoms with Gasteiger partial charge in [-0.25, -0.2) is 4.39 Å². The quantitative estimate of drug-likeness (QED) is 0.792. The maximum absolute atomic E-state index is 13.1. The number of ether oxygens (including phenoxy) is 1. The zero-order chi connectivity index (χ0) is 13.1. The van der Waals surface area contributed by atoms with Gasteiger partial charge in [-0.05, 0) is 47.5 Å². The van der Waals surface area contributed by atoms with Gasteiger partial charge in [-0.15, -0.1) is 0 Å². The molecule has 1 nitrogen and oxygen atoms in total. The molecule has 2 rings (SSSR count). The van der Waals surface area contributed by atoms with Crippen LogP contribution in [0.1, 0.15) is 16.7 Å². The van der Waals surface area contributed by atoms with E-state index in [0.717, 1.165) is 10.0 Å². The summed E-state index contributed by atoms with van der Waals surface area (Å²) in [6.07, 6.45) is 0. The molecule has 0 bridgehead atoms. The number of halogens is 2. The van der Waals surface area contributed by atoms with Gasteiger partial charge in [0.1, 0.15) is 18.2 Å². The van der Waals surface area contributed by atoms with E-state index in [9.17, 15) is 4.39 Å². The fourth-order valence-corrected chi connectivity index (χ4v) is 2.26. The van der Waals surface area contributed by atoms with Crippen LogP contribution in [0.25, 0.3) is 0 Å². The van der Waals surface area contributed by atoms with Crippen molar-refractivity contribution in [1.82, 2.24) is 0 Å². The highest BCUT2D eigenvalue weighted by Gasteiger charge is 2.04. The van der Waals surface area contributed by atoms with E-state index in [-0.39, 0.29) is 5.82 Å². The van der Waals surface area contributed by atoms with Crippen LogP contribution in [0.2, 0.25) is 0 Å². The van der Waals surface area contributed by atoms with Crippen molar-refractivity contribution in [3.8, 4) is 5.75 Å². The van der Waals surface area contributed by atoms with Crippen LogP contribution in [-0.2, 0) is 6.61 Å². The van der Waals surface area contributed by atoms with Gasteiger partial charge in [0.05, 0.1) is 4.47 Å². The van der Waals surface area contributed by atoms with Crippen LogP contribution >= 0.6 is 15.9 Å². The van der Waals surface area contributed by atoms with Gasteiger partial charge in [0, 0.05) is 6.07 Å². The molecule has 2 aromatic rings. The molecule has 0 N–H and O–H groups in total. The molecular weight excluding hydrogens is 295 g/mol. The first-order valence-corrected chi connectivity index (χ1v) is 6.49. The molecule has 0 saturated carbocycles. The Morgan fingerprint density at radius 2 is 1.72 bits per heavy atom. The first-order valence-electron chi connectivity index (χ1n) is 5.69. The third-order valence-corrected chi connectivity index (χ3v) is 3.22. The Morgan fingerprint density at radius 3 is 2.39 bits per heavy atom. The van der Waals surface area contributed by atoms with Crippen molar-refractivity contribution in [2.75, 3.05) is 0 Å². The number of benzene rings is 2. The molecule has 3 heteroatoms. The molecular formula is C15H14BrFO. The molecule has 94 valence electrons. The van der Waals surface area contributed by atoms with E-state index in [4.69, 9.17) is 4.74 Å². The van der Waals surface area contributed by atoms with Crippen LogP contribution in [0.5, 0.6) is 5.75 Å². The van der Waals surface area contributed by atoms with Crippen LogP contribution < -0.4 is 4.74 Å². The molecule has 0 unspecified atom stereocenters. The van der Waals surface area contributed by atoms with E-state index in [2.05, 4.69) is 48.0 Å². The lowest BCUT2D eigenvalue weighted by Gasteiger charge is -2.09. The fraction of sp³-hybridized carbons (Fsp3) is 0.200. The van der Waals surface area contributed by atoms with E-state index in [1.54, 1.807) is 6.07 Å². The molecule has 0 saturated heterocycles. The van der Waals surface area contributed by atoms with Crippen LogP contribution in [0.15, 0.2) is 40.9 Å². The summed E-state index contributed by atoms with van der Waals surface area (Å²) in [7, 11) is 0. The van der Waals surface area contributed by atoms with Gasteiger partial charge in [0.15, 0.2) is 0 Å². The fourth-order valence-electron chi connectivity index (χ4n) is 1.90. The topological polar surface area (TPSA) is 9.23 Å². The predicted molar refractivity (Wildman–Crippen MR) is 74.3 cm³/mol. The summed E-state index contributed by atoms with van der Waals surface area (Å²) >= 11 is 3.34. The lowest BCUT2D eigenvalue weighted by molar-refractivity contribution is 0.302. The van der Waals surface area contributed by atoms with E-state index in [1.165, 1.54) is 23.3 Å². The van der Waals surface area contributed by atoms with Crippen LogP contribution in [0.3, 0.4) is 0 Å². The Bertz CT molecular complexity index is 546. The van der Waals surface area contributed by atoms with Crippen molar-refractivity contribution in [2.24, 2.45) is 0 Å². The summed E-state index contributed by atoms with van der Waals surface area (Å²) in [6.45, 7) is 4.54. The predicted octanol–water partition coefficient (Wildman–Crippen LogP) is 4.78. The summed E-state index contributed by atoms with van der Waals surface area (Å²) in [5.41, 5.74) is 3.49. The summed E-state index contributed by atoms with van der Waals surface area (Å²) in [4.78, 5) is 0. The van der Waals surface area contributed by atoms with E-state index in [0.29, 0.717) is 12.4 Å². The SMILES string of the molecule is Cc1cc(C)cc(COc2cc(F)ccc2Br)c1. The monoisotopic (exact) mass is 308 g/mol. The molecule has 0 aliphatic carbocycles. The maximum atomic E-state index is 13.1. The average molecular weight is 309 g/mol. The number of aryl methyl sites for hydroxylation is 2. The van der Waals surface area contributed by atoms with Crippen LogP contribution in [0, 0.1) is 19.7 Å². The summed E-state index contributed by atoms with van der Waals surface area (Å²) < 4.78 is 19.5. The van der Waals surface area contributed by atoms with Crippen molar-refractivity contribution >= 4 is 15.9 Å².